The third kappa shape index (κ3) is 2.80. The molecule has 1 aromatic rings. The van der Waals surface area contributed by atoms with Gasteiger partial charge in [-0.05, 0) is 11.8 Å². The first-order valence-corrected chi connectivity index (χ1v) is 6.99. The van der Waals surface area contributed by atoms with Crippen LogP contribution in [0.3, 0.4) is 0 Å². The van der Waals surface area contributed by atoms with Gasteiger partial charge in [0.2, 0.25) is 0 Å². The summed E-state index contributed by atoms with van der Waals surface area (Å²) in [6.45, 7) is 5.49. The van der Waals surface area contributed by atoms with Gasteiger partial charge < -0.3 is 9.88 Å². The van der Waals surface area contributed by atoms with E-state index in [0.717, 1.165) is 6.42 Å². The average molecular weight is 330 g/mol. The molecule has 0 bridgehead atoms. The van der Waals surface area contributed by atoms with Crippen molar-refractivity contribution in [3.8, 4) is 0 Å². The second kappa shape index (κ2) is 4.96. The quantitative estimate of drug-likeness (QED) is 0.514. The van der Waals surface area contributed by atoms with Crippen molar-refractivity contribution >= 4 is 27.5 Å². The van der Waals surface area contributed by atoms with E-state index < -0.39 is 4.92 Å². The SMILES string of the molecule is CC1(C)CN(C(=O)c2cc([N+](=O)[O-])c[nH]2)CCC1Br. The first kappa shape index (κ1) is 14.0. The number of hydrogen-bond donors (Lipinski definition) is 1. The van der Waals surface area contributed by atoms with Crippen LogP contribution in [0.15, 0.2) is 12.3 Å². The van der Waals surface area contributed by atoms with E-state index in [1.807, 2.05) is 0 Å². The third-order valence-electron chi connectivity index (χ3n) is 3.50. The summed E-state index contributed by atoms with van der Waals surface area (Å²) in [6, 6.07) is 1.29. The molecule has 1 N–H and O–H groups in total. The molecule has 1 unspecified atom stereocenters. The highest BCUT2D eigenvalue weighted by atomic mass is 79.9. The van der Waals surface area contributed by atoms with E-state index in [-0.39, 0.29) is 22.7 Å². The molecule has 0 aromatic carbocycles. The zero-order valence-electron chi connectivity index (χ0n) is 10.9. The van der Waals surface area contributed by atoms with Crippen molar-refractivity contribution in [2.75, 3.05) is 13.1 Å². The molecule has 7 heteroatoms. The predicted molar refractivity (Wildman–Crippen MR) is 74.5 cm³/mol. The van der Waals surface area contributed by atoms with Gasteiger partial charge in [-0.15, -0.1) is 0 Å². The van der Waals surface area contributed by atoms with Crippen LogP contribution in [0.4, 0.5) is 5.69 Å². The number of alkyl halides is 1. The predicted octanol–water partition coefficient (Wildman–Crippen LogP) is 2.56. The van der Waals surface area contributed by atoms with Crippen molar-refractivity contribution in [1.29, 1.82) is 0 Å². The zero-order chi connectivity index (χ0) is 14.2. The van der Waals surface area contributed by atoms with Crippen LogP contribution < -0.4 is 0 Å². The molecule has 1 fully saturated rings. The Labute approximate surface area is 119 Å². The van der Waals surface area contributed by atoms with Gasteiger partial charge in [-0.25, -0.2) is 0 Å². The molecule has 0 spiro atoms. The van der Waals surface area contributed by atoms with Gasteiger partial charge >= 0.3 is 0 Å². The molecule has 19 heavy (non-hydrogen) atoms. The van der Waals surface area contributed by atoms with Gasteiger partial charge in [0.1, 0.15) is 5.69 Å². The number of carbonyl (C=O) groups is 1. The van der Waals surface area contributed by atoms with Crippen LogP contribution in [0.1, 0.15) is 30.8 Å². The van der Waals surface area contributed by atoms with Crippen molar-refractivity contribution < 1.29 is 9.72 Å². The molecule has 104 valence electrons. The summed E-state index contributed by atoms with van der Waals surface area (Å²) in [5, 5.41) is 10.6. The van der Waals surface area contributed by atoms with Crippen LogP contribution in [0.25, 0.3) is 0 Å². The lowest BCUT2D eigenvalue weighted by molar-refractivity contribution is -0.384. The van der Waals surface area contributed by atoms with Gasteiger partial charge in [-0.3, -0.25) is 14.9 Å². The number of nitrogens with zero attached hydrogens (tertiary/aromatic N) is 2. The fourth-order valence-corrected chi connectivity index (χ4v) is 2.63. The number of carbonyl (C=O) groups excluding carboxylic acids is 1. The largest absolute Gasteiger partial charge is 0.351 e. The normalized spacial score (nSPS) is 22.3. The lowest BCUT2D eigenvalue weighted by Crippen LogP contribution is -2.48. The maximum atomic E-state index is 12.3. The Morgan fingerprint density at radius 2 is 2.32 bits per heavy atom. The molecule has 1 saturated heterocycles. The number of halogens is 1. The molecule has 2 heterocycles. The summed E-state index contributed by atoms with van der Waals surface area (Å²) in [4.78, 5) is 27.2. The number of H-pyrrole nitrogens is 1. The molecule has 0 aliphatic carbocycles. The topological polar surface area (TPSA) is 79.2 Å². The van der Waals surface area contributed by atoms with E-state index in [4.69, 9.17) is 0 Å². The Hall–Kier alpha value is -1.37. The molecule has 1 aliphatic rings. The zero-order valence-corrected chi connectivity index (χ0v) is 12.4. The van der Waals surface area contributed by atoms with Crippen LogP contribution in [0.5, 0.6) is 0 Å². The Morgan fingerprint density at radius 3 is 2.84 bits per heavy atom. The summed E-state index contributed by atoms with van der Waals surface area (Å²) in [6.07, 6.45) is 2.12. The maximum absolute atomic E-state index is 12.3. The average Bonchev–Trinajstić information content (AvgIpc) is 2.81. The van der Waals surface area contributed by atoms with Crippen LogP contribution in [-0.2, 0) is 0 Å². The molecule has 6 nitrogen and oxygen atoms in total. The highest BCUT2D eigenvalue weighted by Gasteiger charge is 2.36. The standard InChI is InChI=1S/C12H16BrN3O3/c1-12(2)7-15(4-3-10(12)13)11(17)9-5-8(6-14-9)16(18)19/h5-6,10,14H,3-4,7H2,1-2H3. The first-order chi connectivity index (χ1) is 8.81. The van der Waals surface area contributed by atoms with Crippen molar-refractivity contribution in [3.63, 3.8) is 0 Å². The number of nitrogens with one attached hydrogen (secondary N) is 1. The number of amides is 1. The second-order valence-corrected chi connectivity index (χ2v) is 6.61. The van der Waals surface area contributed by atoms with Gasteiger partial charge in [0.15, 0.2) is 0 Å². The van der Waals surface area contributed by atoms with Gasteiger partial charge in [0, 0.05) is 24.0 Å². The number of aromatic nitrogens is 1. The van der Waals surface area contributed by atoms with E-state index in [1.54, 1.807) is 4.90 Å². The smallest absolute Gasteiger partial charge is 0.287 e. The van der Waals surface area contributed by atoms with Crippen LogP contribution >= 0.6 is 15.9 Å². The van der Waals surface area contributed by atoms with Crippen molar-refractivity contribution in [1.82, 2.24) is 9.88 Å². The summed E-state index contributed by atoms with van der Waals surface area (Å²) >= 11 is 3.63. The van der Waals surface area contributed by atoms with Crippen LogP contribution in [0.2, 0.25) is 0 Å². The van der Waals surface area contributed by atoms with Crippen molar-refractivity contribution in [3.05, 3.63) is 28.1 Å². The number of rotatable bonds is 2. The highest BCUT2D eigenvalue weighted by Crippen LogP contribution is 2.35. The van der Waals surface area contributed by atoms with Gasteiger partial charge in [-0.2, -0.15) is 0 Å². The highest BCUT2D eigenvalue weighted by molar-refractivity contribution is 9.09. The van der Waals surface area contributed by atoms with E-state index in [2.05, 4.69) is 34.8 Å². The molecule has 1 amide bonds. The molecule has 1 aromatic heterocycles. The van der Waals surface area contributed by atoms with Crippen LogP contribution in [0, 0.1) is 15.5 Å². The number of aromatic amines is 1. The minimum absolute atomic E-state index is 0.00750. The third-order valence-corrected chi connectivity index (χ3v) is 5.19. The lowest BCUT2D eigenvalue weighted by Gasteiger charge is -2.41. The maximum Gasteiger partial charge on any atom is 0.287 e. The number of likely N-dealkylation sites (tertiary alicyclic amines) is 1. The lowest BCUT2D eigenvalue weighted by atomic mass is 9.84. The van der Waals surface area contributed by atoms with Gasteiger partial charge in [0.05, 0.1) is 11.1 Å². The van der Waals surface area contributed by atoms with Gasteiger partial charge in [-0.1, -0.05) is 29.8 Å². The van der Waals surface area contributed by atoms with Crippen LogP contribution in [-0.4, -0.2) is 38.6 Å². The Balaban J connectivity index is 2.13. The molecule has 2 rings (SSSR count). The summed E-state index contributed by atoms with van der Waals surface area (Å²) in [7, 11) is 0. The Morgan fingerprint density at radius 1 is 1.63 bits per heavy atom. The summed E-state index contributed by atoms with van der Waals surface area (Å²) in [5.74, 6) is -0.180. The minimum Gasteiger partial charge on any atom is -0.351 e. The molecule has 1 atom stereocenters. The summed E-state index contributed by atoms with van der Waals surface area (Å²) in [5.41, 5.74) is 0.181. The minimum atomic E-state index is -0.512. The van der Waals surface area contributed by atoms with E-state index >= 15 is 0 Å². The number of nitro groups is 1. The fourth-order valence-electron chi connectivity index (χ4n) is 2.29. The molecular formula is C12H16BrN3O3. The number of hydrogen-bond acceptors (Lipinski definition) is 3. The first-order valence-electron chi connectivity index (χ1n) is 6.07. The Bertz CT molecular complexity index is 512. The van der Waals surface area contributed by atoms with Gasteiger partial charge in [0.25, 0.3) is 11.6 Å². The monoisotopic (exact) mass is 329 g/mol. The molecular weight excluding hydrogens is 314 g/mol. The summed E-state index contributed by atoms with van der Waals surface area (Å²) < 4.78 is 0. The van der Waals surface area contributed by atoms with E-state index in [9.17, 15) is 14.9 Å². The second-order valence-electron chi connectivity index (χ2n) is 5.50. The Kier molecular flexibility index (Phi) is 3.66. The fraction of sp³-hybridized carbons (Fsp3) is 0.583. The van der Waals surface area contributed by atoms with Crippen molar-refractivity contribution in [2.24, 2.45) is 5.41 Å². The molecule has 0 saturated carbocycles. The molecule has 0 radical (unpaired) electrons. The number of piperidine rings is 1. The molecule has 1 aliphatic heterocycles. The van der Waals surface area contributed by atoms with E-state index in [1.165, 1.54) is 12.3 Å². The van der Waals surface area contributed by atoms with Crippen molar-refractivity contribution in [2.45, 2.75) is 25.1 Å². The van der Waals surface area contributed by atoms with E-state index in [0.29, 0.717) is 17.9 Å².